The van der Waals surface area contributed by atoms with Crippen LogP contribution in [-0.2, 0) is 0 Å². The summed E-state index contributed by atoms with van der Waals surface area (Å²) in [4.78, 5) is 29.5. The Balaban J connectivity index is 1.44. The molecule has 0 spiro atoms. The van der Waals surface area contributed by atoms with Gasteiger partial charge in [-0.1, -0.05) is 30.3 Å². The van der Waals surface area contributed by atoms with E-state index in [9.17, 15) is 9.59 Å². The maximum atomic E-state index is 13.0. The minimum Gasteiger partial charge on any atom is -0.496 e. The first-order chi connectivity index (χ1) is 14.7. The van der Waals surface area contributed by atoms with Gasteiger partial charge in [0.25, 0.3) is 11.8 Å². The Morgan fingerprint density at radius 1 is 0.867 bits per heavy atom. The van der Waals surface area contributed by atoms with Gasteiger partial charge in [0.05, 0.1) is 30.1 Å². The summed E-state index contributed by atoms with van der Waals surface area (Å²) in [5, 5.41) is 4.32. The molecule has 0 bridgehead atoms. The van der Waals surface area contributed by atoms with E-state index in [1.54, 1.807) is 46.1 Å². The lowest BCUT2D eigenvalue weighted by atomic mass is 10.1. The second-order valence-corrected chi connectivity index (χ2v) is 7.15. The van der Waals surface area contributed by atoms with Crippen LogP contribution in [-0.4, -0.2) is 64.7 Å². The summed E-state index contributed by atoms with van der Waals surface area (Å²) in [5.74, 6) is 0.426. The monoisotopic (exact) mass is 404 g/mol. The summed E-state index contributed by atoms with van der Waals surface area (Å²) in [6, 6.07) is 16.9. The Hall–Kier alpha value is -3.61. The first-order valence-electron chi connectivity index (χ1n) is 9.99. The fraction of sp³-hybridized carbons (Fsp3) is 0.261. The molecule has 1 aliphatic rings. The van der Waals surface area contributed by atoms with Gasteiger partial charge in [-0.2, -0.15) is 5.10 Å². The number of nitrogens with zero attached hydrogens (tertiary/aromatic N) is 4. The quantitative estimate of drug-likeness (QED) is 0.671. The van der Waals surface area contributed by atoms with Gasteiger partial charge in [0.15, 0.2) is 0 Å². The molecule has 0 N–H and O–H groups in total. The molecule has 2 aromatic carbocycles. The molecule has 1 saturated heterocycles. The van der Waals surface area contributed by atoms with E-state index in [2.05, 4.69) is 5.10 Å². The zero-order valence-corrected chi connectivity index (χ0v) is 16.9. The largest absolute Gasteiger partial charge is 0.496 e. The van der Waals surface area contributed by atoms with E-state index in [1.807, 2.05) is 42.5 Å². The van der Waals surface area contributed by atoms with E-state index in [4.69, 9.17) is 4.74 Å². The van der Waals surface area contributed by atoms with Crippen molar-refractivity contribution < 1.29 is 14.3 Å². The molecular formula is C23H24N4O3. The van der Waals surface area contributed by atoms with Crippen LogP contribution in [0, 0.1) is 0 Å². The average Bonchev–Trinajstić information content (AvgIpc) is 3.17. The number of methoxy groups -OCH3 is 1. The standard InChI is InChI=1S/C23H24N4O3/c1-30-21-11-6-5-10-20(21)23(29)26-13-7-12-25(14-15-26)22(28)18-16-24-27(17-18)19-8-3-2-4-9-19/h2-6,8-11,16-17H,7,12-15H2,1H3. The van der Waals surface area contributed by atoms with E-state index in [0.717, 1.165) is 12.1 Å². The van der Waals surface area contributed by atoms with Gasteiger partial charge in [-0.25, -0.2) is 4.68 Å². The molecule has 7 heteroatoms. The van der Waals surface area contributed by atoms with Crippen molar-refractivity contribution in [2.75, 3.05) is 33.3 Å². The average molecular weight is 404 g/mol. The summed E-state index contributed by atoms with van der Waals surface area (Å²) in [7, 11) is 1.56. The molecule has 0 saturated carbocycles. The third-order valence-electron chi connectivity index (χ3n) is 5.26. The van der Waals surface area contributed by atoms with Crippen LogP contribution in [0.25, 0.3) is 5.69 Å². The van der Waals surface area contributed by atoms with Gasteiger partial charge in [-0.15, -0.1) is 0 Å². The molecule has 0 aliphatic carbocycles. The van der Waals surface area contributed by atoms with E-state index in [1.165, 1.54) is 0 Å². The zero-order chi connectivity index (χ0) is 20.9. The minimum atomic E-state index is -0.0707. The van der Waals surface area contributed by atoms with Crippen LogP contribution in [0.1, 0.15) is 27.1 Å². The van der Waals surface area contributed by atoms with Crippen LogP contribution >= 0.6 is 0 Å². The molecule has 7 nitrogen and oxygen atoms in total. The van der Waals surface area contributed by atoms with Gasteiger partial charge >= 0.3 is 0 Å². The molecule has 1 fully saturated rings. The molecule has 1 aromatic heterocycles. The minimum absolute atomic E-state index is 0.0660. The van der Waals surface area contributed by atoms with E-state index in [0.29, 0.717) is 43.1 Å². The fourth-order valence-corrected chi connectivity index (χ4v) is 3.65. The predicted octanol–water partition coefficient (Wildman–Crippen LogP) is 2.87. The number of benzene rings is 2. The smallest absolute Gasteiger partial charge is 0.257 e. The number of aromatic nitrogens is 2. The first kappa shape index (κ1) is 19.7. The fourth-order valence-electron chi connectivity index (χ4n) is 3.65. The van der Waals surface area contributed by atoms with Crippen molar-refractivity contribution in [2.24, 2.45) is 0 Å². The molecule has 0 unspecified atom stereocenters. The number of hydrogen-bond acceptors (Lipinski definition) is 4. The van der Waals surface area contributed by atoms with Gasteiger partial charge in [-0.05, 0) is 30.7 Å². The predicted molar refractivity (Wildman–Crippen MR) is 113 cm³/mol. The highest BCUT2D eigenvalue weighted by molar-refractivity contribution is 5.97. The molecule has 2 heterocycles. The zero-order valence-electron chi connectivity index (χ0n) is 16.9. The number of carbonyl (C=O) groups is 2. The number of hydrogen-bond donors (Lipinski definition) is 0. The molecule has 154 valence electrons. The van der Waals surface area contributed by atoms with Crippen molar-refractivity contribution in [1.82, 2.24) is 19.6 Å². The normalized spacial score (nSPS) is 14.3. The third kappa shape index (κ3) is 4.05. The van der Waals surface area contributed by atoms with Crippen molar-refractivity contribution >= 4 is 11.8 Å². The molecule has 4 rings (SSSR count). The lowest BCUT2D eigenvalue weighted by Gasteiger charge is -2.22. The van der Waals surface area contributed by atoms with Crippen LogP contribution < -0.4 is 4.74 Å². The van der Waals surface area contributed by atoms with Crippen molar-refractivity contribution in [2.45, 2.75) is 6.42 Å². The van der Waals surface area contributed by atoms with Gasteiger partial charge in [-0.3, -0.25) is 9.59 Å². The summed E-state index contributed by atoms with van der Waals surface area (Å²) in [6.07, 6.45) is 4.07. The number of rotatable bonds is 4. The Kier molecular flexibility index (Phi) is 5.79. The lowest BCUT2D eigenvalue weighted by molar-refractivity contribution is 0.0717. The van der Waals surface area contributed by atoms with Crippen LogP contribution in [0.4, 0.5) is 0 Å². The second-order valence-electron chi connectivity index (χ2n) is 7.15. The van der Waals surface area contributed by atoms with E-state index < -0.39 is 0 Å². The maximum absolute atomic E-state index is 13.0. The molecule has 30 heavy (non-hydrogen) atoms. The van der Waals surface area contributed by atoms with Gasteiger partial charge in [0.2, 0.25) is 0 Å². The Labute approximate surface area is 175 Å². The second kappa shape index (κ2) is 8.82. The number of ether oxygens (including phenoxy) is 1. The third-order valence-corrected chi connectivity index (χ3v) is 5.26. The Morgan fingerprint density at radius 3 is 2.27 bits per heavy atom. The van der Waals surface area contributed by atoms with Crippen molar-refractivity contribution in [3.05, 3.63) is 78.1 Å². The van der Waals surface area contributed by atoms with Crippen LogP contribution in [0.15, 0.2) is 67.0 Å². The van der Waals surface area contributed by atoms with E-state index >= 15 is 0 Å². The maximum Gasteiger partial charge on any atom is 0.257 e. The van der Waals surface area contributed by atoms with Gasteiger partial charge in [0.1, 0.15) is 5.75 Å². The molecule has 1 aliphatic heterocycles. The van der Waals surface area contributed by atoms with E-state index in [-0.39, 0.29) is 11.8 Å². The number of para-hydroxylation sites is 2. The topological polar surface area (TPSA) is 67.7 Å². The summed E-state index contributed by atoms with van der Waals surface area (Å²) in [6.45, 7) is 2.17. The summed E-state index contributed by atoms with van der Waals surface area (Å²) >= 11 is 0. The highest BCUT2D eigenvalue weighted by atomic mass is 16.5. The summed E-state index contributed by atoms with van der Waals surface area (Å²) < 4.78 is 7.02. The Morgan fingerprint density at radius 2 is 1.53 bits per heavy atom. The molecule has 2 amide bonds. The SMILES string of the molecule is COc1ccccc1C(=O)N1CCCN(C(=O)c2cnn(-c3ccccc3)c2)CC1. The molecule has 0 atom stereocenters. The highest BCUT2D eigenvalue weighted by Gasteiger charge is 2.25. The summed E-state index contributed by atoms with van der Waals surface area (Å²) in [5.41, 5.74) is 1.99. The number of carbonyl (C=O) groups excluding carboxylic acids is 2. The number of amides is 2. The molecule has 0 radical (unpaired) electrons. The van der Waals surface area contributed by atoms with Crippen molar-refractivity contribution in [1.29, 1.82) is 0 Å². The van der Waals surface area contributed by atoms with Gasteiger partial charge < -0.3 is 14.5 Å². The van der Waals surface area contributed by atoms with Gasteiger partial charge in [0, 0.05) is 32.4 Å². The van der Waals surface area contributed by atoms with Crippen LogP contribution in [0.5, 0.6) is 5.75 Å². The van der Waals surface area contributed by atoms with Crippen molar-refractivity contribution in [3.8, 4) is 11.4 Å². The Bertz CT molecular complexity index is 1030. The molecular weight excluding hydrogens is 380 g/mol. The highest BCUT2D eigenvalue weighted by Crippen LogP contribution is 2.20. The molecule has 3 aromatic rings. The van der Waals surface area contributed by atoms with Crippen LogP contribution in [0.3, 0.4) is 0 Å². The van der Waals surface area contributed by atoms with Crippen LogP contribution in [0.2, 0.25) is 0 Å². The first-order valence-corrected chi connectivity index (χ1v) is 9.99. The van der Waals surface area contributed by atoms with Crippen molar-refractivity contribution in [3.63, 3.8) is 0 Å². The lowest BCUT2D eigenvalue weighted by Crippen LogP contribution is -2.37.